The average Bonchev–Trinajstić information content (AvgIpc) is 3.28. The van der Waals surface area contributed by atoms with Crippen LogP contribution in [0, 0.1) is 0 Å². The first-order valence-electron chi connectivity index (χ1n) is 9.11. The molecule has 5 rings (SSSR count). The lowest BCUT2D eigenvalue weighted by Gasteiger charge is -2.20. The molecule has 0 spiro atoms. The van der Waals surface area contributed by atoms with E-state index in [1.54, 1.807) is 0 Å². The molecule has 120 valence electrons. The fourth-order valence-electron chi connectivity index (χ4n) is 4.52. The van der Waals surface area contributed by atoms with Crippen molar-refractivity contribution in [3.63, 3.8) is 0 Å². The van der Waals surface area contributed by atoms with Gasteiger partial charge in [-0.2, -0.15) is 0 Å². The molecule has 0 aliphatic carbocycles. The van der Waals surface area contributed by atoms with Crippen LogP contribution in [0.25, 0.3) is 0 Å². The quantitative estimate of drug-likeness (QED) is 0.723. The van der Waals surface area contributed by atoms with Gasteiger partial charge in [0.1, 0.15) is 0 Å². The maximum atomic E-state index is 4.84. The molecule has 5 aliphatic heterocycles. The van der Waals surface area contributed by atoms with E-state index in [2.05, 4.69) is 28.9 Å². The largest absolute Gasteiger partial charge is 0.384 e. The monoisotopic (exact) mass is 308 g/mol. The Hall–Kier alpha value is -1.68. The number of allylic oxidation sites excluding steroid dienone is 5. The second-order valence-corrected chi connectivity index (χ2v) is 7.42. The smallest absolute Gasteiger partial charge is 0.0428 e. The second-order valence-electron chi connectivity index (χ2n) is 7.42. The number of hydrogen-bond donors (Lipinski definition) is 2. The predicted octanol–water partition coefficient (Wildman–Crippen LogP) is 2.99. The molecule has 2 fully saturated rings. The Morgan fingerprint density at radius 1 is 0.783 bits per heavy atom. The van der Waals surface area contributed by atoms with Crippen LogP contribution in [0.2, 0.25) is 0 Å². The van der Waals surface area contributed by atoms with E-state index < -0.39 is 0 Å². The van der Waals surface area contributed by atoms with Crippen LogP contribution in [-0.4, -0.2) is 29.5 Å². The molecule has 0 aromatic rings. The lowest BCUT2D eigenvalue weighted by Crippen LogP contribution is -2.42. The van der Waals surface area contributed by atoms with Gasteiger partial charge in [-0.3, -0.25) is 9.98 Å². The Bertz CT molecular complexity index is 679. The fraction of sp³-hybridized carbons (Fsp3) is 0.579. The normalized spacial score (nSPS) is 42.3. The van der Waals surface area contributed by atoms with Crippen molar-refractivity contribution in [1.29, 1.82) is 0 Å². The molecule has 2 saturated heterocycles. The molecule has 0 saturated carbocycles. The Morgan fingerprint density at radius 2 is 1.61 bits per heavy atom. The van der Waals surface area contributed by atoms with Crippen molar-refractivity contribution in [3.8, 4) is 0 Å². The van der Waals surface area contributed by atoms with Crippen LogP contribution in [0.5, 0.6) is 0 Å². The Morgan fingerprint density at radius 3 is 2.57 bits per heavy atom. The third-order valence-electron chi connectivity index (χ3n) is 5.71. The lowest BCUT2D eigenvalue weighted by atomic mass is 10.0. The van der Waals surface area contributed by atoms with E-state index in [1.807, 2.05) is 0 Å². The van der Waals surface area contributed by atoms with Gasteiger partial charge in [0.2, 0.25) is 0 Å². The van der Waals surface area contributed by atoms with Crippen molar-refractivity contribution in [2.75, 3.05) is 0 Å². The summed E-state index contributed by atoms with van der Waals surface area (Å²) in [5.74, 6) is 0. The van der Waals surface area contributed by atoms with E-state index in [0.717, 1.165) is 25.7 Å². The van der Waals surface area contributed by atoms with E-state index in [4.69, 9.17) is 9.98 Å². The highest BCUT2D eigenvalue weighted by atomic mass is 15.1. The van der Waals surface area contributed by atoms with E-state index in [0.29, 0.717) is 18.1 Å². The highest BCUT2D eigenvalue weighted by molar-refractivity contribution is 6.01. The van der Waals surface area contributed by atoms with Crippen LogP contribution in [-0.2, 0) is 0 Å². The number of nitrogens with one attached hydrogen (secondary N) is 2. The van der Waals surface area contributed by atoms with Gasteiger partial charge in [0.25, 0.3) is 0 Å². The van der Waals surface area contributed by atoms with Crippen molar-refractivity contribution in [2.45, 2.75) is 69.5 Å². The van der Waals surface area contributed by atoms with Gasteiger partial charge in [-0.15, -0.1) is 0 Å². The number of rotatable bonds is 0. The molecule has 0 radical (unpaired) electrons. The second kappa shape index (κ2) is 5.45. The Balaban J connectivity index is 1.52. The first kappa shape index (κ1) is 13.7. The van der Waals surface area contributed by atoms with E-state index >= 15 is 0 Å². The van der Waals surface area contributed by atoms with E-state index in [9.17, 15) is 0 Å². The van der Waals surface area contributed by atoms with Crippen molar-refractivity contribution in [1.82, 2.24) is 10.6 Å². The summed E-state index contributed by atoms with van der Waals surface area (Å²) in [6, 6.07) is 1.67. The molecular formula is C19H24N4. The van der Waals surface area contributed by atoms with Crippen molar-refractivity contribution in [3.05, 3.63) is 35.3 Å². The zero-order valence-electron chi connectivity index (χ0n) is 13.5. The molecule has 5 aliphatic rings. The van der Waals surface area contributed by atoms with Crippen LogP contribution in [0.1, 0.15) is 51.4 Å². The summed E-state index contributed by atoms with van der Waals surface area (Å²) in [5, 5.41) is 7.58. The van der Waals surface area contributed by atoms with Gasteiger partial charge in [-0.05, 0) is 69.6 Å². The van der Waals surface area contributed by atoms with E-state index in [1.165, 1.54) is 54.2 Å². The third-order valence-corrected chi connectivity index (χ3v) is 5.71. The molecule has 3 atom stereocenters. The molecule has 4 heteroatoms. The van der Waals surface area contributed by atoms with Gasteiger partial charge in [0, 0.05) is 46.6 Å². The van der Waals surface area contributed by atoms with Gasteiger partial charge in [-0.1, -0.05) is 0 Å². The van der Waals surface area contributed by atoms with Crippen LogP contribution < -0.4 is 10.6 Å². The minimum absolute atomic E-state index is 0.501. The number of aliphatic imine (C=N–C) groups is 2. The molecule has 2 N–H and O–H groups in total. The lowest BCUT2D eigenvalue weighted by molar-refractivity contribution is 0.445. The van der Waals surface area contributed by atoms with Crippen LogP contribution in [0.4, 0.5) is 0 Å². The predicted molar refractivity (Wildman–Crippen MR) is 93.7 cm³/mol. The summed E-state index contributed by atoms with van der Waals surface area (Å²) in [6.45, 7) is 0. The maximum Gasteiger partial charge on any atom is 0.0428 e. The maximum absolute atomic E-state index is 4.84. The first-order valence-corrected chi connectivity index (χ1v) is 9.11. The summed E-state index contributed by atoms with van der Waals surface area (Å²) in [6.07, 6.45) is 16.1. The minimum Gasteiger partial charge on any atom is -0.384 e. The SMILES string of the molecule is C1=C2/CCC(=N2)/C=C2/CCC(N2)C2CCC(/C=C3/CCC/1=N3)N2. The molecule has 0 aromatic carbocycles. The summed E-state index contributed by atoms with van der Waals surface area (Å²) in [5.41, 5.74) is 6.31. The zero-order chi connectivity index (χ0) is 15.2. The van der Waals surface area contributed by atoms with Crippen molar-refractivity contribution in [2.24, 2.45) is 9.98 Å². The standard InChI is InChI=1S/C19H24N4/c1-3-14-10-16-5-7-18(22-16)19-8-6-17(23-19)11-15-4-2-13(21-15)9-12(1)20-14/h9-11,16,18-19,22-23H,1-8H2/b13-9-,14-10-,17-11-. The fourth-order valence-corrected chi connectivity index (χ4v) is 4.52. The van der Waals surface area contributed by atoms with Crippen LogP contribution in [0.3, 0.4) is 0 Å². The summed E-state index contributed by atoms with van der Waals surface area (Å²) in [4.78, 5) is 9.67. The molecule has 23 heavy (non-hydrogen) atoms. The molecule has 8 bridgehead atoms. The zero-order valence-corrected chi connectivity index (χ0v) is 13.5. The van der Waals surface area contributed by atoms with Crippen LogP contribution >= 0.6 is 0 Å². The van der Waals surface area contributed by atoms with Gasteiger partial charge < -0.3 is 10.6 Å². The number of fused-ring (bicyclic) bond motifs is 7. The van der Waals surface area contributed by atoms with Crippen molar-refractivity contribution >= 4 is 11.4 Å². The number of nitrogens with zero attached hydrogens (tertiary/aromatic N) is 2. The van der Waals surface area contributed by atoms with Crippen LogP contribution in [0.15, 0.2) is 45.3 Å². The highest BCUT2D eigenvalue weighted by Gasteiger charge is 2.33. The van der Waals surface area contributed by atoms with Gasteiger partial charge in [0.15, 0.2) is 0 Å². The molecule has 3 unspecified atom stereocenters. The summed E-state index contributed by atoms with van der Waals surface area (Å²) in [7, 11) is 0. The van der Waals surface area contributed by atoms with E-state index in [-0.39, 0.29) is 0 Å². The van der Waals surface area contributed by atoms with Crippen molar-refractivity contribution < 1.29 is 0 Å². The van der Waals surface area contributed by atoms with Gasteiger partial charge in [0.05, 0.1) is 0 Å². The molecule has 5 heterocycles. The number of hydrogen-bond acceptors (Lipinski definition) is 4. The van der Waals surface area contributed by atoms with Gasteiger partial charge in [-0.25, -0.2) is 0 Å². The van der Waals surface area contributed by atoms with Gasteiger partial charge >= 0.3 is 0 Å². The topological polar surface area (TPSA) is 48.8 Å². The highest BCUT2D eigenvalue weighted by Crippen LogP contribution is 2.29. The average molecular weight is 308 g/mol. The Kier molecular flexibility index (Phi) is 3.25. The third kappa shape index (κ3) is 2.69. The first-order chi connectivity index (χ1) is 11.3. The Labute approximate surface area is 137 Å². The molecule has 4 nitrogen and oxygen atoms in total. The summed E-state index contributed by atoms with van der Waals surface area (Å²) >= 11 is 0. The minimum atomic E-state index is 0.501. The molecule has 0 aromatic heterocycles. The molecule has 0 amide bonds. The summed E-state index contributed by atoms with van der Waals surface area (Å²) < 4.78 is 0. The molecular weight excluding hydrogens is 284 g/mol.